The highest BCUT2D eigenvalue weighted by atomic mass is 79.9. The van der Waals surface area contributed by atoms with E-state index in [2.05, 4.69) is 32.3 Å². The summed E-state index contributed by atoms with van der Waals surface area (Å²) in [5.74, 6) is 0.503. The van der Waals surface area contributed by atoms with Crippen LogP contribution < -0.4 is 10.1 Å². The third kappa shape index (κ3) is 4.89. The maximum absolute atomic E-state index is 12.3. The van der Waals surface area contributed by atoms with Crippen LogP contribution in [0.5, 0.6) is 5.75 Å². The molecule has 152 valence electrons. The van der Waals surface area contributed by atoms with Crippen molar-refractivity contribution < 1.29 is 9.53 Å². The predicted octanol–water partition coefficient (Wildman–Crippen LogP) is 6.28. The average molecular weight is 481 g/mol. The van der Waals surface area contributed by atoms with E-state index in [0.29, 0.717) is 5.75 Å². The van der Waals surface area contributed by atoms with Gasteiger partial charge in [-0.1, -0.05) is 30.3 Å². The Morgan fingerprint density at radius 1 is 1.10 bits per heavy atom. The molecule has 1 aromatic heterocycles. The number of thiazole rings is 1. The third-order valence-corrected chi connectivity index (χ3v) is 6.28. The summed E-state index contributed by atoms with van der Waals surface area (Å²) in [6.07, 6.45) is 0.775. The van der Waals surface area contributed by atoms with E-state index in [4.69, 9.17) is 4.74 Å². The smallest absolute Gasteiger partial charge is 0.262 e. The van der Waals surface area contributed by atoms with Crippen molar-refractivity contribution in [1.29, 1.82) is 0 Å². The van der Waals surface area contributed by atoms with Crippen molar-refractivity contribution in [3.63, 3.8) is 0 Å². The first-order chi connectivity index (χ1) is 14.5. The Bertz CT molecular complexity index is 1150. The fourth-order valence-corrected chi connectivity index (χ4v) is 5.09. The van der Waals surface area contributed by atoms with Gasteiger partial charge in [-0.15, -0.1) is 11.3 Å². The van der Waals surface area contributed by atoms with E-state index in [-0.39, 0.29) is 12.5 Å². The highest BCUT2D eigenvalue weighted by molar-refractivity contribution is 9.10. The number of aromatic nitrogens is 1. The second-order valence-corrected chi connectivity index (χ2v) is 9.15. The number of nitrogens with zero attached hydrogens (tertiary/aromatic N) is 1. The van der Waals surface area contributed by atoms with Crippen LogP contribution in [-0.2, 0) is 11.2 Å². The number of rotatable bonds is 6. The Labute approximate surface area is 188 Å². The lowest BCUT2D eigenvalue weighted by Crippen LogP contribution is -2.20. The summed E-state index contributed by atoms with van der Waals surface area (Å²) < 4.78 is 7.78. The van der Waals surface area contributed by atoms with Crippen molar-refractivity contribution in [3.05, 3.63) is 86.8 Å². The fourth-order valence-electron chi connectivity index (χ4n) is 3.30. The number of para-hydroxylation sites is 1. The van der Waals surface area contributed by atoms with Crippen LogP contribution in [0.15, 0.2) is 65.1 Å². The molecule has 0 saturated carbocycles. The lowest BCUT2D eigenvalue weighted by molar-refractivity contribution is -0.118. The first-order valence-electron chi connectivity index (χ1n) is 9.61. The quantitative estimate of drug-likeness (QED) is 0.353. The summed E-state index contributed by atoms with van der Waals surface area (Å²) in [6.45, 7) is 3.94. The molecule has 4 aromatic rings. The zero-order chi connectivity index (χ0) is 21.1. The van der Waals surface area contributed by atoms with Gasteiger partial charge in [-0.3, -0.25) is 4.79 Å². The molecule has 3 aromatic carbocycles. The number of fused-ring (bicyclic) bond motifs is 1. The van der Waals surface area contributed by atoms with E-state index in [1.165, 1.54) is 4.70 Å². The van der Waals surface area contributed by atoms with Crippen LogP contribution in [-0.4, -0.2) is 17.5 Å². The summed E-state index contributed by atoms with van der Waals surface area (Å²) in [5, 5.41) is 3.97. The number of amides is 1. The zero-order valence-electron chi connectivity index (χ0n) is 16.7. The van der Waals surface area contributed by atoms with E-state index in [1.54, 1.807) is 11.3 Å². The molecular weight excluding hydrogens is 460 g/mol. The second kappa shape index (κ2) is 8.98. The fraction of sp³-hybridized carbons (Fsp3) is 0.167. The molecule has 0 saturated heterocycles. The van der Waals surface area contributed by atoms with E-state index in [1.807, 2.05) is 68.4 Å². The van der Waals surface area contributed by atoms with Gasteiger partial charge in [-0.25, -0.2) is 4.98 Å². The SMILES string of the molecule is Cc1cc(C)c(OCC(=O)Nc2ccc(Cc3nc4ccccc4s3)cc2)c(Br)c1. The number of halogens is 1. The van der Waals surface area contributed by atoms with Gasteiger partial charge in [0.25, 0.3) is 5.91 Å². The number of ether oxygens (including phenoxy) is 1. The minimum absolute atomic E-state index is 0.0457. The van der Waals surface area contributed by atoms with Crippen molar-refractivity contribution in [2.45, 2.75) is 20.3 Å². The standard InChI is InChI=1S/C24H21BrN2O2S/c1-15-11-16(2)24(19(25)12-15)29-14-22(28)26-18-9-7-17(8-10-18)13-23-27-20-5-3-4-6-21(20)30-23/h3-12H,13-14H2,1-2H3,(H,26,28). The first kappa shape index (κ1) is 20.6. The van der Waals surface area contributed by atoms with Crippen LogP contribution in [0.25, 0.3) is 10.2 Å². The molecular formula is C24H21BrN2O2S. The van der Waals surface area contributed by atoms with Gasteiger partial charge in [0.1, 0.15) is 5.75 Å². The Kier molecular flexibility index (Phi) is 6.16. The molecule has 0 unspecified atom stereocenters. The Morgan fingerprint density at radius 2 is 1.87 bits per heavy atom. The second-order valence-electron chi connectivity index (χ2n) is 7.18. The van der Waals surface area contributed by atoms with Crippen molar-refractivity contribution in [1.82, 2.24) is 4.98 Å². The number of aryl methyl sites for hydroxylation is 2. The highest BCUT2D eigenvalue weighted by Crippen LogP contribution is 2.30. The molecule has 0 aliphatic rings. The third-order valence-electron chi connectivity index (χ3n) is 4.65. The molecule has 1 N–H and O–H groups in total. The molecule has 0 aliphatic heterocycles. The van der Waals surface area contributed by atoms with Gasteiger partial charge in [0.05, 0.1) is 19.7 Å². The number of carbonyl (C=O) groups excluding carboxylic acids is 1. The molecule has 0 spiro atoms. The molecule has 0 radical (unpaired) electrons. The van der Waals surface area contributed by atoms with Crippen LogP contribution in [0, 0.1) is 13.8 Å². The molecule has 0 aliphatic carbocycles. The number of carbonyl (C=O) groups is 1. The molecule has 0 bridgehead atoms. The van der Waals surface area contributed by atoms with E-state index in [0.717, 1.165) is 43.8 Å². The molecule has 30 heavy (non-hydrogen) atoms. The summed E-state index contributed by atoms with van der Waals surface area (Å²) in [4.78, 5) is 17.0. The monoisotopic (exact) mass is 480 g/mol. The Hall–Kier alpha value is -2.70. The van der Waals surface area contributed by atoms with Crippen molar-refractivity contribution in [3.8, 4) is 5.75 Å². The summed E-state index contributed by atoms with van der Waals surface area (Å²) in [6, 6.07) is 20.0. The minimum Gasteiger partial charge on any atom is -0.482 e. The number of hydrogen-bond acceptors (Lipinski definition) is 4. The van der Waals surface area contributed by atoms with Crippen LogP contribution in [0.4, 0.5) is 5.69 Å². The predicted molar refractivity (Wildman–Crippen MR) is 127 cm³/mol. The molecule has 1 amide bonds. The van der Waals surface area contributed by atoms with Crippen molar-refractivity contribution in [2.75, 3.05) is 11.9 Å². The van der Waals surface area contributed by atoms with Crippen LogP contribution in [0.2, 0.25) is 0 Å². The molecule has 1 heterocycles. The number of nitrogens with one attached hydrogen (secondary N) is 1. The normalized spacial score (nSPS) is 10.9. The van der Waals surface area contributed by atoms with Crippen LogP contribution in [0.3, 0.4) is 0 Å². The van der Waals surface area contributed by atoms with Gasteiger partial charge >= 0.3 is 0 Å². The van der Waals surface area contributed by atoms with Gasteiger partial charge < -0.3 is 10.1 Å². The van der Waals surface area contributed by atoms with E-state index < -0.39 is 0 Å². The van der Waals surface area contributed by atoms with Gasteiger partial charge in [0.15, 0.2) is 6.61 Å². The van der Waals surface area contributed by atoms with E-state index >= 15 is 0 Å². The lowest BCUT2D eigenvalue weighted by Gasteiger charge is -2.12. The molecule has 4 rings (SSSR count). The van der Waals surface area contributed by atoms with Crippen molar-refractivity contribution >= 4 is 49.1 Å². The molecule has 0 atom stereocenters. The van der Waals surface area contributed by atoms with Crippen molar-refractivity contribution in [2.24, 2.45) is 0 Å². The van der Waals surface area contributed by atoms with Gasteiger partial charge in [-0.05, 0) is 76.8 Å². The first-order valence-corrected chi connectivity index (χ1v) is 11.2. The number of benzene rings is 3. The van der Waals surface area contributed by atoms with Crippen LogP contribution >= 0.6 is 27.3 Å². The Morgan fingerprint density at radius 3 is 2.60 bits per heavy atom. The molecule has 6 heteroatoms. The zero-order valence-corrected chi connectivity index (χ0v) is 19.1. The lowest BCUT2D eigenvalue weighted by atomic mass is 10.1. The summed E-state index contributed by atoms with van der Waals surface area (Å²) in [5.41, 5.74) is 5.08. The summed E-state index contributed by atoms with van der Waals surface area (Å²) in [7, 11) is 0. The topological polar surface area (TPSA) is 51.2 Å². The number of anilines is 1. The minimum atomic E-state index is -0.194. The maximum atomic E-state index is 12.3. The molecule has 0 fully saturated rings. The summed E-state index contributed by atoms with van der Waals surface area (Å²) >= 11 is 5.21. The Balaban J connectivity index is 1.34. The number of hydrogen-bond donors (Lipinski definition) is 1. The van der Waals surface area contributed by atoms with Gasteiger partial charge in [0.2, 0.25) is 0 Å². The molecule has 4 nitrogen and oxygen atoms in total. The average Bonchev–Trinajstić information content (AvgIpc) is 3.11. The van der Waals surface area contributed by atoms with Gasteiger partial charge in [0, 0.05) is 12.1 Å². The van der Waals surface area contributed by atoms with E-state index in [9.17, 15) is 4.79 Å². The van der Waals surface area contributed by atoms with Crippen LogP contribution in [0.1, 0.15) is 21.7 Å². The highest BCUT2D eigenvalue weighted by Gasteiger charge is 2.10. The van der Waals surface area contributed by atoms with Gasteiger partial charge in [-0.2, -0.15) is 0 Å². The maximum Gasteiger partial charge on any atom is 0.262 e. The largest absolute Gasteiger partial charge is 0.482 e.